The third-order valence-corrected chi connectivity index (χ3v) is 9.33. The van der Waals surface area contributed by atoms with Crippen LogP contribution in [0.5, 0.6) is 23.0 Å². The van der Waals surface area contributed by atoms with Gasteiger partial charge in [-0.1, -0.05) is 72.6 Å². The minimum absolute atomic E-state index is 0.0347. The Kier molecular flexibility index (Phi) is 12.2. The molecule has 5 nitrogen and oxygen atoms in total. The first-order chi connectivity index (χ1) is 19.8. The highest BCUT2D eigenvalue weighted by molar-refractivity contribution is 5.89. The van der Waals surface area contributed by atoms with E-state index in [9.17, 15) is 9.90 Å². The molecule has 5 heteroatoms. The first-order valence-corrected chi connectivity index (χ1v) is 16.4. The maximum absolute atomic E-state index is 11.5. The van der Waals surface area contributed by atoms with Crippen molar-refractivity contribution < 1.29 is 19.4 Å². The molecule has 3 rings (SSSR count). The molecule has 0 aliphatic carbocycles. The van der Waals surface area contributed by atoms with Crippen molar-refractivity contribution in [2.24, 2.45) is 17.8 Å². The largest absolute Gasteiger partial charge is 0.504 e. The first-order valence-electron chi connectivity index (χ1n) is 16.4. The Balaban J connectivity index is 1.58. The number of rotatable bonds is 15. The molecule has 1 aliphatic rings. The Morgan fingerprint density at radius 2 is 1.57 bits per heavy atom. The molecule has 1 heterocycles. The second-order valence-corrected chi connectivity index (χ2v) is 13.9. The van der Waals surface area contributed by atoms with E-state index in [-0.39, 0.29) is 17.3 Å². The Hall–Kier alpha value is -2.69. The van der Waals surface area contributed by atoms with Crippen LogP contribution in [-0.4, -0.2) is 16.6 Å². The van der Waals surface area contributed by atoms with Gasteiger partial charge in [-0.2, -0.15) is 0 Å². The number of benzene rings is 2. The van der Waals surface area contributed by atoms with Crippen molar-refractivity contribution in [1.29, 1.82) is 0 Å². The second kappa shape index (κ2) is 15.2. The lowest BCUT2D eigenvalue weighted by Crippen LogP contribution is -2.37. The zero-order valence-electron chi connectivity index (χ0n) is 27.9. The molecule has 234 valence electrons. The Bertz CT molecular complexity index is 1200. The van der Waals surface area contributed by atoms with Gasteiger partial charge in [-0.05, 0) is 100.0 Å². The van der Waals surface area contributed by atoms with E-state index in [1.165, 1.54) is 63.9 Å². The van der Waals surface area contributed by atoms with Crippen molar-refractivity contribution in [3.8, 4) is 23.0 Å². The molecular formula is C37H57NO4. The fourth-order valence-electron chi connectivity index (χ4n) is 6.40. The summed E-state index contributed by atoms with van der Waals surface area (Å²) in [4.78, 5) is 11.5. The van der Waals surface area contributed by atoms with Crippen molar-refractivity contribution in [2.45, 2.75) is 139 Å². The van der Waals surface area contributed by atoms with E-state index in [0.717, 1.165) is 65.2 Å². The van der Waals surface area contributed by atoms with Crippen LogP contribution in [0.2, 0.25) is 0 Å². The van der Waals surface area contributed by atoms with Crippen LogP contribution in [0.4, 0.5) is 5.69 Å². The second-order valence-electron chi connectivity index (χ2n) is 13.9. The molecule has 2 aromatic carbocycles. The number of anilines is 1. The van der Waals surface area contributed by atoms with Crippen LogP contribution < -0.4 is 14.8 Å². The van der Waals surface area contributed by atoms with Crippen molar-refractivity contribution in [3.63, 3.8) is 0 Å². The zero-order valence-corrected chi connectivity index (χ0v) is 27.9. The lowest BCUT2D eigenvalue weighted by atomic mass is 9.83. The minimum Gasteiger partial charge on any atom is -0.504 e. The number of amides is 1. The van der Waals surface area contributed by atoms with Crippen LogP contribution in [0.25, 0.3) is 0 Å². The summed E-state index contributed by atoms with van der Waals surface area (Å²) in [6.45, 7) is 19.5. The summed E-state index contributed by atoms with van der Waals surface area (Å²) < 4.78 is 13.1. The molecule has 0 radical (unpaired) electrons. The summed E-state index contributed by atoms with van der Waals surface area (Å²) in [5.74, 6) is 4.38. The molecule has 0 saturated heterocycles. The van der Waals surface area contributed by atoms with Crippen LogP contribution in [0.3, 0.4) is 0 Å². The van der Waals surface area contributed by atoms with Crippen LogP contribution >= 0.6 is 0 Å². The van der Waals surface area contributed by atoms with Gasteiger partial charge in [0.1, 0.15) is 17.1 Å². The van der Waals surface area contributed by atoms with Gasteiger partial charge in [-0.3, -0.25) is 4.79 Å². The number of fused-ring (bicyclic) bond motifs is 1. The summed E-state index contributed by atoms with van der Waals surface area (Å²) in [7, 11) is 0. The molecule has 1 amide bonds. The van der Waals surface area contributed by atoms with Crippen molar-refractivity contribution in [1.82, 2.24) is 0 Å². The predicted octanol–water partition coefficient (Wildman–Crippen LogP) is 10.6. The van der Waals surface area contributed by atoms with Gasteiger partial charge in [0, 0.05) is 24.2 Å². The fourth-order valence-corrected chi connectivity index (χ4v) is 6.40. The van der Waals surface area contributed by atoms with Crippen LogP contribution in [0, 0.1) is 38.5 Å². The van der Waals surface area contributed by atoms with Crippen LogP contribution in [-0.2, 0) is 11.2 Å². The molecule has 3 unspecified atom stereocenters. The number of phenolic OH excluding ortho intramolecular Hbond substituents is 1. The van der Waals surface area contributed by atoms with Gasteiger partial charge in [0.15, 0.2) is 11.5 Å². The highest BCUT2D eigenvalue weighted by Crippen LogP contribution is 2.47. The average Bonchev–Trinajstić information content (AvgIpc) is 2.91. The van der Waals surface area contributed by atoms with E-state index in [1.54, 1.807) is 18.2 Å². The van der Waals surface area contributed by atoms with E-state index in [4.69, 9.17) is 9.47 Å². The number of ether oxygens (including phenoxy) is 2. The fraction of sp³-hybridized carbons (Fsp3) is 0.649. The summed E-state index contributed by atoms with van der Waals surface area (Å²) in [5, 5.41) is 13.2. The number of carbonyl (C=O) groups is 1. The number of hydrogen-bond acceptors (Lipinski definition) is 4. The first kappa shape index (κ1) is 33.8. The summed E-state index contributed by atoms with van der Waals surface area (Å²) in [6, 6.07) is 4.86. The quantitative estimate of drug-likeness (QED) is 0.206. The predicted molar refractivity (Wildman–Crippen MR) is 175 cm³/mol. The summed E-state index contributed by atoms with van der Waals surface area (Å²) >= 11 is 0. The van der Waals surface area contributed by atoms with E-state index >= 15 is 0 Å². The summed E-state index contributed by atoms with van der Waals surface area (Å²) in [5.41, 5.74) is 4.76. The van der Waals surface area contributed by atoms with Crippen LogP contribution in [0.15, 0.2) is 18.2 Å². The van der Waals surface area contributed by atoms with E-state index in [1.807, 2.05) is 0 Å². The molecule has 0 fully saturated rings. The lowest BCUT2D eigenvalue weighted by Gasteiger charge is -2.38. The van der Waals surface area contributed by atoms with Gasteiger partial charge >= 0.3 is 0 Å². The van der Waals surface area contributed by atoms with Gasteiger partial charge in [0.25, 0.3) is 0 Å². The zero-order chi connectivity index (χ0) is 31.0. The van der Waals surface area contributed by atoms with Crippen molar-refractivity contribution in [2.75, 3.05) is 5.32 Å². The maximum atomic E-state index is 11.5. The molecule has 0 aromatic heterocycles. The highest BCUT2D eigenvalue weighted by atomic mass is 16.5. The molecule has 0 bridgehead atoms. The van der Waals surface area contributed by atoms with E-state index < -0.39 is 0 Å². The maximum Gasteiger partial charge on any atom is 0.221 e. The average molecular weight is 580 g/mol. The molecule has 2 aromatic rings. The SMILES string of the molecule is CC(=O)Nc1ccc(O)c(Oc2c(C)c(C)c3c(c2C)CCC(C)(CCCC(C)CCCC(C)CCCC(C)C)O3)c1. The third-order valence-electron chi connectivity index (χ3n) is 9.33. The summed E-state index contributed by atoms with van der Waals surface area (Å²) in [6.07, 6.45) is 13.6. The Labute approximate surface area is 255 Å². The standard InChI is InChI=1S/C37H57NO4/c1-24(2)13-10-14-25(3)15-11-16-26(4)17-12-21-37(9)22-20-32-29(7)35(27(5)28(6)36(32)42-37)41-34-23-31(38-30(8)39)18-19-33(34)40/h18-19,23-26,40H,10-17,20-22H2,1-9H3,(H,38,39). The molecule has 0 saturated carbocycles. The molecule has 42 heavy (non-hydrogen) atoms. The molecule has 3 atom stereocenters. The third kappa shape index (κ3) is 9.41. The molecule has 1 aliphatic heterocycles. The topological polar surface area (TPSA) is 67.8 Å². The number of phenols is 1. The van der Waals surface area contributed by atoms with Gasteiger partial charge < -0.3 is 19.9 Å². The van der Waals surface area contributed by atoms with Gasteiger partial charge in [0.2, 0.25) is 5.91 Å². The number of hydrogen-bond donors (Lipinski definition) is 2. The normalized spacial score (nSPS) is 17.9. The van der Waals surface area contributed by atoms with Gasteiger partial charge in [-0.15, -0.1) is 0 Å². The number of nitrogens with one attached hydrogen (secondary N) is 1. The van der Waals surface area contributed by atoms with E-state index in [2.05, 4.69) is 60.7 Å². The monoisotopic (exact) mass is 579 g/mol. The minimum atomic E-state index is -0.171. The Morgan fingerprint density at radius 3 is 2.19 bits per heavy atom. The molecule has 0 spiro atoms. The number of carbonyl (C=O) groups excluding carboxylic acids is 1. The Morgan fingerprint density at radius 1 is 0.952 bits per heavy atom. The lowest BCUT2D eigenvalue weighted by molar-refractivity contribution is -0.114. The van der Waals surface area contributed by atoms with E-state index in [0.29, 0.717) is 11.4 Å². The smallest absolute Gasteiger partial charge is 0.221 e. The van der Waals surface area contributed by atoms with Crippen molar-refractivity contribution in [3.05, 3.63) is 40.5 Å². The van der Waals surface area contributed by atoms with Gasteiger partial charge in [-0.25, -0.2) is 0 Å². The van der Waals surface area contributed by atoms with Gasteiger partial charge in [0.05, 0.1) is 0 Å². The molecule has 2 N–H and O–H groups in total. The van der Waals surface area contributed by atoms with Crippen molar-refractivity contribution >= 4 is 11.6 Å². The molecular weight excluding hydrogens is 522 g/mol. The van der Waals surface area contributed by atoms with Crippen LogP contribution in [0.1, 0.15) is 128 Å². The highest BCUT2D eigenvalue weighted by Gasteiger charge is 2.34. The number of aromatic hydroxyl groups is 1.